The lowest BCUT2D eigenvalue weighted by Gasteiger charge is -2.00. The SMILES string of the molecule is c1ccc(-c2ccc3oc4ccccc4c3n2)cc1.c1ccc(-c2ccc3oc4cccnc4c3c2)cc1.c1ccc(-c2ccc3oc4ccncc4c3c2)cc1.c1ccc(-c2ccc3oc4cnccc4c3c2)cc1.c1ccc(-c2ccc3oc4ncccc4c3c2)cc1. The van der Waals surface area contributed by atoms with Crippen LogP contribution in [0.2, 0.25) is 0 Å². The lowest BCUT2D eigenvalue weighted by molar-refractivity contribution is 0.654. The minimum Gasteiger partial charge on any atom is -0.456 e. The molecule has 0 radical (unpaired) electrons. The maximum Gasteiger partial charge on any atom is 0.227 e. The van der Waals surface area contributed by atoms with Gasteiger partial charge >= 0.3 is 0 Å². The van der Waals surface area contributed by atoms with Crippen LogP contribution in [0.15, 0.2) is 357 Å². The fraction of sp³-hybridized carbons (Fsp3) is 0. The van der Waals surface area contributed by atoms with Crippen molar-refractivity contribution < 1.29 is 22.1 Å². The van der Waals surface area contributed by atoms with E-state index in [1.807, 2.05) is 158 Å². The maximum absolute atomic E-state index is 5.80. The van der Waals surface area contributed by atoms with Crippen molar-refractivity contribution in [3.05, 3.63) is 334 Å². The average molecular weight is 1230 g/mol. The van der Waals surface area contributed by atoms with Crippen molar-refractivity contribution in [1.29, 1.82) is 0 Å². The van der Waals surface area contributed by atoms with Crippen LogP contribution >= 0.6 is 0 Å². The zero-order chi connectivity index (χ0) is 63.3. The molecule has 10 heterocycles. The van der Waals surface area contributed by atoms with Crippen molar-refractivity contribution in [2.45, 2.75) is 0 Å². The van der Waals surface area contributed by atoms with Gasteiger partial charge in [-0.3, -0.25) is 15.0 Å². The first-order valence-electron chi connectivity index (χ1n) is 31.2. The second-order valence-corrected chi connectivity index (χ2v) is 22.7. The van der Waals surface area contributed by atoms with E-state index < -0.39 is 0 Å². The molecule has 0 saturated heterocycles. The summed E-state index contributed by atoms with van der Waals surface area (Å²) in [6.45, 7) is 0. The molecular weight excluding hydrogens is 1170 g/mol. The second-order valence-electron chi connectivity index (χ2n) is 22.7. The number of furan rings is 5. The molecule has 20 aromatic rings. The molecule has 0 saturated carbocycles. The molecule has 0 bridgehead atoms. The summed E-state index contributed by atoms with van der Waals surface area (Å²) in [5, 5.41) is 8.74. The number of nitrogens with zero attached hydrogens (tertiary/aromatic N) is 5. The van der Waals surface area contributed by atoms with Gasteiger partial charge in [0, 0.05) is 79.6 Å². The monoisotopic (exact) mass is 1230 g/mol. The number of hydrogen-bond acceptors (Lipinski definition) is 10. The molecule has 0 amide bonds. The largest absolute Gasteiger partial charge is 0.456 e. The minimum absolute atomic E-state index is 0.697. The van der Waals surface area contributed by atoms with Crippen LogP contribution in [-0.2, 0) is 0 Å². The summed E-state index contributed by atoms with van der Waals surface area (Å²) >= 11 is 0. The molecule has 0 atom stereocenters. The third-order valence-corrected chi connectivity index (χ3v) is 16.7. The predicted octanol–water partition coefficient (Wildman–Crippen LogP) is 23.2. The summed E-state index contributed by atoms with van der Waals surface area (Å²) in [6, 6.07) is 100. The highest BCUT2D eigenvalue weighted by molar-refractivity contribution is 6.09. The Morgan fingerprint density at radius 1 is 0.200 bits per heavy atom. The molecule has 0 aliphatic heterocycles. The van der Waals surface area contributed by atoms with Crippen molar-refractivity contribution in [1.82, 2.24) is 24.9 Å². The van der Waals surface area contributed by atoms with Gasteiger partial charge in [-0.05, 0) is 154 Å². The van der Waals surface area contributed by atoms with E-state index in [2.05, 4.69) is 166 Å². The van der Waals surface area contributed by atoms with Gasteiger partial charge in [0.15, 0.2) is 16.7 Å². The van der Waals surface area contributed by atoms with Gasteiger partial charge in [0.2, 0.25) is 5.71 Å². The summed E-state index contributed by atoms with van der Waals surface area (Å²) < 4.78 is 28.9. The van der Waals surface area contributed by atoms with Crippen molar-refractivity contribution in [3.63, 3.8) is 0 Å². The van der Waals surface area contributed by atoms with E-state index >= 15 is 0 Å². The molecule has 0 aliphatic rings. The van der Waals surface area contributed by atoms with Crippen LogP contribution in [0.25, 0.3) is 166 Å². The van der Waals surface area contributed by atoms with Gasteiger partial charge in [0.25, 0.3) is 0 Å². The van der Waals surface area contributed by atoms with Gasteiger partial charge in [-0.25, -0.2) is 9.97 Å². The molecule has 10 nitrogen and oxygen atoms in total. The molecule has 10 aromatic heterocycles. The lowest BCUT2D eigenvalue weighted by Crippen LogP contribution is -1.82. The Balaban J connectivity index is 0.0000000937. The molecule has 450 valence electrons. The first-order valence-corrected chi connectivity index (χ1v) is 31.2. The molecule has 10 heteroatoms. The zero-order valence-corrected chi connectivity index (χ0v) is 51.0. The molecule has 0 aliphatic carbocycles. The third kappa shape index (κ3) is 11.8. The summed E-state index contributed by atoms with van der Waals surface area (Å²) in [4.78, 5) is 21.7. The molecule has 0 fully saturated rings. The predicted molar refractivity (Wildman–Crippen MR) is 385 cm³/mol. The number of rotatable bonds is 5. The van der Waals surface area contributed by atoms with E-state index in [0.29, 0.717) is 5.71 Å². The fourth-order valence-electron chi connectivity index (χ4n) is 12.1. The Morgan fingerprint density at radius 3 is 1.21 bits per heavy atom. The smallest absolute Gasteiger partial charge is 0.227 e. The maximum atomic E-state index is 5.80. The minimum atomic E-state index is 0.697. The van der Waals surface area contributed by atoms with E-state index in [-0.39, 0.29) is 0 Å². The number of aromatic nitrogens is 5. The van der Waals surface area contributed by atoms with E-state index in [1.165, 1.54) is 44.5 Å². The third-order valence-electron chi connectivity index (χ3n) is 16.7. The molecule has 0 unspecified atom stereocenters. The average Bonchev–Trinajstić information content (AvgIpc) is 1.78. The Kier molecular flexibility index (Phi) is 15.4. The quantitative estimate of drug-likeness (QED) is 0.164. The summed E-state index contributed by atoms with van der Waals surface area (Å²) in [5.74, 6) is 0. The highest BCUT2D eigenvalue weighted by atomic mass is 16.3. The molecule has 0 spiro atoms. The van der Waals surface area contributed by atoms with Gasteiger partial charge in [-0.1, -0.05) is 188 Å². The van der Waals surface area contributed by atoms with Crippen molar-refractivity contribution in [2.75, 3.05) is 0 Å². The Hall–Kier alpha value is -13.1. The number of para-hydroxylation sites is 1. The lowest BCUT2D eigenvalue weighted by atomic mass is 10.0. The highest BCUT2D eigenvalue weighted by Gasteiger charge is 2.14. The second kappa shape index (κ2) is 25.7. The van der Waals surface area contributed by atoms with Crippen LogP contribution in [-0.4, -0.2) is 24.9 Å². The number of pyridine rings is 5. The van der Waals surface area contributed by atoms with Crippen LogP contribution in [0, 0.1) is 0 Å². The van der Waals surface area contributed by atoms with Gasteiger partial charge in [-0.15, -0.1) is 0 Å². The standard InChI is InChI=1S/5C17H11NO/c1-2-6-12(7-3-1)14-10-11-16-17(18-14)13-8-4-5-9-15(13)19-16;1-2-5-12(6-3-1)13-8-9-15-14(11-13)17-16(19-15)7-4-10-18-17;1-2-5-12(6-3-1)13-8-9-16-15(11-13)14-7-4-10-18-17(14)19-16;1-2-4-12(5-3-1)13-6-7-16-14(10-13)15-11-18-9-8-17(15)19-16;1-2-4-12(5-3-1)13-6-7-16-15(10-13)14-8-9-18-11-17(14)19-16/h5*1-11H. The van der Waals surface area contributed by atoms with Crippen LogP contribution in [0.3, 0.4) is 0 Å². The van der Waals surface area contributed by atoms with Gasteiger partial charge in [-0.2, -0.15) is 0 Å². The van der Waals surface area contributed by atoms with Crippen molar-refractivity contribution in [2.24, 2.45) is 0 Å². The number of benzene rings is 10. The normalized spacial score (nSPS) is 11.2. The number of hydrogen-bond donors (Lipinski definition) is 0. The van der Waals surface area contributed by atoms with Crippen LogP contribution < -0.4 is 0 Å². The van der Waals surface area contributed by atoms with Crippen LogP contribution in [0.4, 0.5) is 0 Å². The Bertz CT molecular complexity index is 5180. The van der Waals surface area contributed by atoms with Crippen molar-refractivity contribution in [3.8, 4) is 55.8 Å². The fourth-order valence-corrected chi connectivity index (χ4v) is 12.1. The highest BCUT2D eigenvalue weighted by Crippen LogP contribution is 2.37. The van der Waals surface area contributed by atoms with Crippen LogP contribution in [0.5, 0.6) is 0 Å². The first-order chi connectivity index (χ1) is 47.1. The topological polar surface area (TPSA) is 130 Å². The molecule has 0 N–H and O–H groups in total. The van der Waals surface area contributed by atoms with Gasteiger partial charge in [0.1, 0.15) is 44.5 Å². The summed E-state index contributed by atoms with van der Waals surface area (Å²) in [7, 11) is 0. The molecular formula is C85H55N5O5. The van der Waals surface area contributed by atoms with E-state index in [1.54, 1.807) is 31.0 Å². The van der Waals surface area contributed by atoms with Crippen molar-refractivity contribution >= 4 is 110 Å². The Morgan fingerprint density at radius 2 is 0.600 bits per heavy atom. The summed E-state index contributed by atoms with van der Waals surface area (Å²) in [5.41, 5.74) is 22.1. The Labute approximate surface area is 544 Å². The summed E-state index contributed by atoms with van der Waals surface area (Å²) in [6.07, 6.45) is 10.7. The van der Waals surface area contributed by atoms with E-state index in [0.717, 1.165) is 116 Å². The molecule has 95 heavy (non-hydrogen) atoms. The van der Waals surface area contributed by atoms with Gasteiger partial charge in [0.05, 0.1) is 11.9 Å². The number of fused-ring (bicyclic) bond motifs is 15. The van der Waals surface area contributed by atoms with Gasteiger partial charge < -0.3 is 22.1 Å². The van der Waals surface area contributed by atoms with E-state index in [9.17, 15) is 0 Å². The van der Waals surface area contributed by atoms with E-state index in [4.69, 9.17) is 27.1 Å². The first kappa shape index (κ1) is 57.1. The van der Waals surface area contributed by atoms with Crippen LogP contribution in [0.1, 0.15) is 0 Å². The molecule has 20 rings (SSSR count). The molecule has 10 aromatic carbocycles. The zero-order valence-electron chi connectivity index (χ0n) is 51.0.